The molecule has 2 rings (SSSR count). The van der Waals surface area contributed by atoms with Crippen LogP contribution < -0.4 is 19.6 Å². The van der Waals surface area contributed by atoms with E-state index in [-0.39, 0.29) is 20.4 Å². The van der Waals surface area contributed by atoms with E-state index in [1.807, 2.05) is 0 Å². The summed E-state index contributed by atoms with van der Waals surface area (Å²) < 4.78 is 0. The Kier molecular flexibility index (Phi) is 28.0. The van der Waals surface area contributed by atoms with E-state index in [4.69, 9.17) is 9.98 Å². The summed E-state index contributed by atoms with van der Waals surface area (Å²) in [4.78, 5) is 19.6. The monoisotopic (exact) mass is 849 g/mol. The molecule has 6 nitrogen and oxygen atoms in total. The van der Waals surface area contributed by atoms with Crippen LogP contribution in [0.5, 0.6) is 0 Å². The zero-order valence-electron chi connectivity index (χ0n) is 37.2. The molecule has 0 aromatic heterocycles. The Bertz CT molecular complexity index is 1380. The summed E-state index contributed by atoms with van der Waals surface area (Å²) in [6, 6.07) is 13.2. The average molecular weight is 850 g/mol. The third-order valence-corrected chi connectivity index (χ3v) is 11.1. The number of allylic oxidation sites excluding steroid dienone is 2. The number of aliphatic imine (C=N–C) groups is 2. The van der Waals surface area contributed by atoms with Gasteiger partial charge in [0, 0.05) is 74.8 Å². The summed E-state index contributed by atoms with van der Waals surface area (Å²) in [5, 5.41) is 0. The molecule has 0 radical (unpaired) electrons. The van der Waals surface area contributed by atoms with Gasteiger partial charge >= 0.3 is 0 Å². The van der Waals surface area contributed by atoms with Gasteiger partial charge in [-0.1, -0.05) is 116 Å². The van der Waals surface area contributed by atoms with Crippen LogP contribution in [-0.2, 0) is 20.4 Å². The fourth-order valence-electron chi connectivity index (χ4n) is 6.91. The van der Waals surface area contributed by atoms with E-state index in [0.29, 0.717) is 0 Å². The van der Waals surface area contributed by atoms with Crippen molar-refractivity contribution >= 4 is 45.5 Å². The zero-order chi connectivity index (χ0) is 39.6. The van der Waals surface area contributed by atoms with Gasteiger partial charge in [0.05, 0.1) is 45.5 Å². The quantitative estimate of drug-likeness (QED) is 0.0446. The molecule has 0 saturated heterocycles. The Morgan fingerprint density at radius 2 is 0.818 bits per heavy atom. The summed E-state index contributed by atoms with van der Waals surface area (Å²) in [5.74, 6) is 0. The Hall–Kier alpha value is -2.62. The van der Waals surface area contributed by atoms with Crippen LogP contribution in [0.25, 0.3) is 0 Å². The van der Waals surface area contributed by atoms with Crippen LogP contribution in [0.1, 0.15) is 157 Å². The van der Waals surface area contributed by atoms with Crippen molar-refractivity contribution in [3.63, 3.8) is 0 Å². The third kappa shape index (κ3) is 19.4. The molecule has 0 N–H and O–H groups in total. The van der Waals surface area contributed by atoms with Crippen LogP contribution in [0, 0.1) is 0 Å². The summed E-state index contributed by atoms with van der Waals surface area (Å²) in [6.07, 6.45) is 29.4. The second-order valence-corrected chi connectivity index (χ2v) is 15.4. The molecule has 0 fully saturated rings. The van der Waals surface area contributed by atoms with Gasteiger partial charge in [-0.3, -0.25) is 4.99 Å². The molecule has 2 aromatic carbocycles. The van der Waals surface area contributed by atoms with Crippen LogP contribution in [0.3, 0.4) is 0 Å². The second-order valence-electron chi connectivity index (χ2n) is 15.4. The van der Waals surface area contributed by atoms with Crippen molar-refractivity contribution in [1.82, 2.24) is 0 Å². The first-order valence-corrected chi connectivity index (χ1v) is 22.1. The van der Waals surface area contributed by atoms with Gasteiger partial charge in [0.25, 0.3) is 0 Å². The molecular weight excluding hydrogens is 767 g/mol. The number of rotatable bonds is 30. The van der Waals surface area contributed by atoms with E-state index in [1.54, 1.807) is 0 Å². The maximum absolute atomic E-state index is 5.24. The van der Waals surface area contributed by atoms with Gasteiger partial charge in [0.2, 0.25) is 0 Å². The molecule has 0 heterocycles. The predicted molar refractivity (Wildman–Crippen MR) is 246 cm³/mol. The van der Waals surface area contributed by atoms with Crippen LogP contribution in [0.15, 0.2) is 58.5 Å². The maximum atomic E-state index is 5.24. The molecular formula is C48H82N6Pd. The number of nitrogens with zero attached hydrogens (tertiary/aromatic N) is 6. The van der Waals surface area contributed by atoms with E-state index in [0.717, 1.165) is 55.4 Å². The van der Waals surface area contributed by atoms with E-state index < -0.39 is 0 Å². The average Bonchev–Trinajstić information content (AvgIpc) is 3.19. The molecule has 0 saturated carbocycles. The van der Waals surface area contributed by atoms with Gasteiger partial charge in [-0.15, -0.1) is 0 Å². The third-order valence-electron chi connectivity index (χ3n) is 11.1. The summed E-state index contributed by atoms with van der Waals surface area (Å²) in [5.41, 5.74) is 8.62. The first-order valence-electron chi connectivity index (χ1n) is 22.1. The van der Waals surface area contributed by atoms with Crippen LogP contribution >= 0.6 is 0 Å². The molecule has 0 spiro atoms. The number of hydrogen-bond donors (Lipinski definition) is 0. The van der Waals surface area contributed by atoms with Crippen LogP contribution in [0.2, 0.25) is 0 Å². The predicted octanol–water partition coefficient (Wildman–Crippen LogP) is 14.0. The van der Waals surface area contributed by atoms with Crippen molar-refractivity contribution < 1.29 is 20.4 Å². The van der Waals surface area contributed by atoms with E-state index in [9.17, 15) is 0 Å². The molecule has 2 aromatic rings. The van der Waals surface area contributed by atoms with Gasteiger partial charge in [0.1, 0.15) is 0 Å². The minimum Gasteiger partial charge on any atom is -0.373 e. The molecule has 0 bridgehead atoms. The second kappa shape index (κ2) is 30.5. The van der Waals surface area contributed by atoms with Crippen molar-refractivity contribution in [2.45, 2.75) is 157 Å². The maximum Gasteiger partial charge on any atom is 0.0845 e. The molecule has 0 aliphatic heterocycles. The van der Waals surface area contributed by atoms with Gasteiger partial charge in [-0.2, -0.15) is 0 Å². The van der Waals surface area contributed by atoms with E-state index >= 15 is 0 Å². The minimum atomic E-state index is 0. The van der Waals surface area contributed by atoms with Crippen molar-refractivity contribution in [3.8, 4) is 0 Å². The molecule has 0 atom stereocenters. The van der Waals surface area contributed by atoms with Crippen molar-refractivity contribution in [2.24, 2.45) is 9.98 Å². The Balaban J connectivity index is 0.0000151. The summed E-state index contributed by atoms with van der Waals surface area (Å²) in [7, 11) is 8.62. The van der Waals surface area contributed by atoms with Gasteiger partial charge in [-0.25, -0.2) is 4.99 Å². The number of benzene rings is 2. The van der Waals surface area contributed by atoms with Crippen LogP contribution in [0.4, 0.5) is 34.1 Å². The van der Waals surface area contributed by atoms with Crippen LogP contribution in [-0.4, -0.2) is 65.8 Å². The smallest absolute Gasteiger partial charge is 0.0845 e. The largest absolute Gasteiger partial charge is 0.373 e. The Morgan fingerprint density at radius 3 is 1.20 bits per heavy atom. The minimum absolute atomic E-state index is 0. The molecule has 7 heteroatoms. The fraction of sp³-hybridized carbons (Fsp3) is 0.667. The van der Waals surface area contributed by atoms with E-state index in [1.165, 1.54) is 132 Å². The van der Waals surface area contributed by atoms with Gasteiger partial charge in [-0.05, 0) is 89.9 Å². The van der Waals surface area contributed by atoms with E-state index in [2.05, 4.69) is 138 Å². The van der Waals surface area contributed by atoms with Crippen molar-refractivity contribution in [2.75, 3.05) is 74.0 Å². The normalized spacial score (nSPS) is 12.0. The SMILES string of the molecule is CCCCCCCCCCCCCCCCCCC/C=C/C(=Nc1ccc(N(C)CC)c(N(C)CC)c1)C(C)=Nc1ccc(N(C)CC)c(N(C)CC)c1.[Pd]. The number of hydrogen-bond acceptors (Lipinski definition) is 6. The van der Waals surface area contributed by atoms with Gasteiger partial charge < -0.3 is 19.6 Å². The molecule has 0 aliphatic carbocycles. The molecule has 55 heavy (non-hydrogen) atoms. The summed E-state index contributed by atoms with van der Waals surface area (Å²) >= 11 is 0. The first-order chi connectivity index (χ1) is 26.2. The first kappa shape index (κ1) is 50.4. The number of unbranched alkanes of at least 4 members (excludes halogenated alkanes) is 17. The Morgan fingerprint density at radius 1 is 0.473 bits per heavy atom. The topological polar surface area (TPSA) is 37.7 Å². The number of anilines is 4. The standard InChI is InChI=1S/C48H82N6.Pd/c1-11-16-17-18-19-20-21-22-23-24-25-26-27-28-29-30-31-32-33-34-44(50-43-36-38-46(52(8)13-3)48(40-43)54(10)15-5)41(6)49-42-35-37-45(51(7)12-2)47(39-42)53(9)14-4;/h33-40H,11-32H2,1-10H3;/b34-33+,49-41?,50-44?;. The van der Waals surface area contributed by atoms with Crippen molar-refractivity contribution in [3.05, 3.63) is 48.6 Å². The summed E-state index contributed by atoms with van der Waals surface area (Å²) in [6.45, 7) is 17.0. The Labute approximate surface area is 354 Å². The molecule has 0 aliphatic rings. The molecule has 0 unspecified atom stereocenters. The molecule has 314 valence electrons. The van der Waals surface area contributed by atoms with Gasteiger partial charge in [0.15, 0.2) is 0 Å². The fourth-order valence-corrected chi connectivity index (χ4v) is 6.91. The zero-order valence-corrected chi connectivity index (χ0v) is 38.7. The van der Waals surface area contributed by atoms with Crippen molar-refractivity contribution in [1.29, 1.82) is 0 Å². The molecule has 0 amide bonds.